The smallest absolute Gasteiger partial charge is 0.136 e. The highest BCUT2D eigenvalue weighted by molar-refractivity contribution is 7.90. The van der Waals surface area contributed by atoms with Crippen LogP contribution >= 0.6 is 0 Å². The van der Waals surface area contributed by atoms with Crippen molar-refractivity contribution in [1.82, 2.24) is 4.72 Å². The van der Waals surface area contributed by atoms with Crippen LogP contribution in [-0.2, 0) is 16.2 Å². The second kappa shape index (κ2) is 4.48. The van der Waals surface area contributed by atoms with Crippen LogP contribution < -0.4 is 4.72 Å². The molecule has 0 spiro atoms. The molecule has 15 heavy (non-hydrogen) atoms. The highest BCUT2D eigenvalue weighted by atomic mass is 32.2. The van der Waals surface area contributed by atoms with Crippen LogP contribution in [0.15, 0.2) is 0 Å². The van der Waals surface area contributed by atoms with Crippen molar-refractivity contribution in [3.63, 3.8) is 0 Å². The number of Topliss-reactive ketones (excluding diaryl/α,β-unsaturated/α-hetero) is 1. The second-order valence-corrected chi connectivity index (χ2v) is 7.14. The minimum atomic E-state index is -1.17. The van der Waals surface area contributed by atoms with E-state index in [0.717, 1.165) is 0 Å². The zero-order chi connectivity index (χ0) is 11.7. The summed E-state index contributed by atoms with van der Waals surface area (Å²) < 4.78 is 14.5. The lowest BCUT2D eigenvalue weighted by atomic mass is 9.68. The van der Waals surface area contributed by atoms with E-state index in [1.54, 1.807) is 0 Å². The molecule has 0 amide bonds. The lowest BCUT2D eigenvalue weighted by molar-refractivity contribution is -0.120. The van der Waals surface area contributed by atoms with Gasteiger partial charge in [-0.3, -0.25) is 4.79 Å². The molecule has 0 aromatic carbocycles. The minimum absolute atomic E-state index is 0.249. The fraction of sp³-hybridized carbons (Fsp3) is 0.900. The molecular weight excluding hydrogens is 209 g/mol. The number of rotatable bonds is 2. The average Bonchev–Trinajstić information content (AvgIpc) is 2.09. The zero-order valence-corrected chi connectivity index (χ0v) is 10.4. The van der Waals surface area contributed by atoms with Gasteiger partial charge in [0.15, 0.2) is 0 Å². The van der Waals surface area contributed by atoms with Crippen molar-refractivity contribution in [1.29, 1.82) is 0 Å². The number of hydrogen-bond acceptors (Lipinski definition) is 3. The summed E-state index contributed by atoms with van der Waals surface area (Å²) in [5, 5.41) is 0. The van der Waals surface area contributed by atoms with Crippen molar-refractivity contribution in [3.8, 4) is 0 Å². The Labute approximate surface area is 96.1 Å². The topological polar surface area (TPSA) is 52.2 Å². The first-order valence-corrected chi connectivity index (χ1v) is 6.38. The van der Waals surface area contributed by atoms with Crippen molar-refractivity contribution in [3.05, 3.63) is 0 Å². The summed E-state index contributed by atoms with van der Waals surface area (Å²) >= 11 is -1.17. The molecule has 0 aliphatic heterocycles. The van der Waals surface area contributed by atoms with Crippen molar-refractivity contribution < 1.29 is 9.35 Å². The molecule has 1 atom stereocenters. The Kier molecular flexibility index (Phi) is 3.90. The van der Waals surface area contributed by atoms with E-state index in [2.05, 4.69) is 4.72 Å². The monoisotopic (exact) mass is 227 g/mol. The van der Waals surface area contributed by atoms with Gasteiger partial charge < -0.3 is 4.55 Å². The number of ketones is 1. The lowest BCUT2D eigenvalue weighted by Crippen LogP contribution is -2.55. The molecule has 0 bridgehead atoms. The molecule has 84 valence electrons. The van der Waals surface area contributed by atoms with E-state index in [4.69, 9.17) is 7.85 Å². The number of carbonyl (C=O) groups is 1. The second-order valence-electron chi connectivity index (χ2n) is 5.18. The Bertz CT molecular complexity index is 242. The molecule has 5 heteroatoms. The summed E-state index contributed by atoms with van der Waals surface area (Å²) in [6, 6.07) is 0. The zero-order valence-electron chi connectivity index (χ0n) is 9.63. The summed E-state index contributed by atoms with van der Waals surface area (Å²) in [4.78, 5) is 11.1. The van der Waals surface area contributed by atoms with Gasteiger partial charge in [-0.15, -0.1) is 4.72 Å². The van der Waals surface area contributed by atoms with E-state index >= 15 is 0 Å². The standard InChI is InChI=1S/C10H18BNO2S/c1-9(2,3)15(14)12-10(11)6-4-8(13)5-7-10/h12H,4-7H2,1-3H3. The molecule has 0 heterocycles. The molecule has 1 N–H and O–H groups in total. The number of hydrogen-bond donors (Lipinski definition) is 1. The minimum Gasteiger partial charge on any atom is -0.598 e. The molecule has 1 fully saturated rings. The molecule has 1 rings (SSSR count). The summed E-state index contributed by atoms with van der Waals surface area (Å²) in [6.45, 7) is 5.69. The predicted octanol–water partition coefficient (Wildman–Crippen LogP) is 1.05. The SMILES string of the molecule is [B]C1(N[S+]([O-])C(C)(C)C)CCC(=O)CC1. The average molecular weight is 227 g/mol. The van der Waals surface area contributed by atoms with Crippen molar-refractivity contribution >= 4 is 25.0 Å². The molecule has 0 saturated heterocycles. The molecule has 0 aromatic rings. The van der Waals surface area contributed by atoms with Crippen LogP contribution in [-0.4, -0.2) is 28.4 Å². The van der Waals surface area contributed by atoms with Crippen LogP contribution in [0.1, 0.15) is 46.5 Å². The van der Waals surface area contributed by atoms with E-state index < -0.39 is 16.8 Å². The molecule has 0 aromatic heterocycles. The first-order chi connectivity index (χ1) is 6.73. The fourth-order valence-corrected chi connectivity index (χ4v) is 2.29. The third kappa shape index (κ3) is 3.81. The van der Waals surface area contributed by atoms with E-state index in [1.807, 2.05) is 20.8 Å². The van der Waals surface area contributed by atoms with E-state index in [9.17, 15) is 9.35 Å². The normalized spacial score (nSPS) is 23.9. The highest BCUT2D eigenvalue weighted by Gasteiger charge is 2.37. The first-order valence-electron chi connectivity index (χ1n) is 5.23. The summed E-state index contributed by atoms with van der Waals surface area (Å²) in [5.74, 6) is 0.249. The van der Waals surface area contributed by atoms with E-state index in [-0.39, 0.29) is 10.5 Å². The fourth-order valence-electron chi connectivity index (χ4n) is 1.41. The van der Waals surface area contributed by atoms with Gasteiger partial charge in [0, 0.05) is 29.6 Å². The van der Waals surface area contributed by atoms with Gasteiger partial charge in [0.25, 0.3) is 0 Å². The lowest BCUT2D eigenvalue weighted by Gasteiger charge is -2.37. The third-order valence-electron chi connectivity index (χ3n) is 2.55. The van der Waals surface area contributed by atoms with Gasteiger partial charge in [-0.05, 0) is 33.6 Å². The Morgan fingerprint density at radius 3 is 2.27 bits per heavy atom. The van der Waals surface area contributed by atoms with Gasteiger partial charge in [-0.25, -0.2) is 0 Å². The quantitative estimate of drug-likeness (QED) is 0.566. The summed E-state index contributed by atoms with van der Waals surface area (Å²) in [5.41, 5.74) is -0.633. The van der Waals surface area contributed by atoms with Gasteiger partial charge >= 0.3 is 0 Å². The number of nitrogens with one attached hydrogen (secondary N) is 1. The van der Waals surface area contributed by atoms with Crippen molar-refractivity contribution in [2.24, 2.45) is 0 Å². The molecular formula is C10H18BNO2S. The third-order valence-corrected chi connectivity index (χ3v) is 4.26. The molecule has 1 aliphatic rings. The number of carbonyl (C=O) groups excluding carboxylic acids is 1. The Morgan fingerprint density at radius 2 is 1.87 bits per heavy atom. The summed E-state index contributed by atoms with van der Waals surface area (Å²) in [6.07, 6.45) is 2.14. The van der Waals surface area contributed by atoms with E-state index in [1.165, 1.54) is 0 Å². The Balaban J connectivity index is 2.53. The molecule has 1 aliphatic carbocycles. The largest absolute Gasteiger partial charge is 0.598 e. The van der Waals surface area contributed by atoms with Crippen LogP contribution in [0, 0.1) is 0 Å². The van der Waals surface area contributed by atoms with Crippen molar-refractivity contribution in [2.75, 3.05) is 0 Å². The highest BCUT2D eigenvalue weighted by Crippen LogP contribution is 2.26. The van der Waals surface area contributed by atoms with Crippen LogP contribution in [0.25, 0.3) is 0 Å². The van der Waals surface area contributed by atoms with Gasteiger partial charge in [-0.1, -0.05) is 0 Å². The van der Waals surface area contributed by atoms with Gasteiger partial charge in [0.2, 0.25) is 0 Å². The van der Waals surface area contributed by atoms with Crippen LogP contribution in [0.3, 0.4) is 0 Å². The molecule has 1 unspecified atom stereocenters. The molecule has 1 saturated carbocycles. The van der Waals surface area contributed by atoms with Crippen LogP contribution in [0.5, 0.6) is 0 Å². The van der Waals surface area contributed by atoms with Crippen LogP contribution in [0.4, 0.5) is 0 Å². The summed E-state index contributed by atoms with van der Waals surface area (Å²) in [7, 11) is 6.06. The molecule has 3 nitrogen and oxygen atoms in total. The van der Waals surface area contributed by atoms with Gasteiger partial charge in [0.1, 0.15) is 18.4 Å². The van der Waals surface area contributed by atoms with Gasteiger partial charge in [-0.2, -0.15) is 0 Å². The maximum absolute atomic E-state index is 11.9. The Morgan fingerprint density at radius 1 is 1.40 bits per heavy atom. The van der Waals surface area contributed by atoms with E-state index in [0.29, 0.717) is 25.7 Å². The maximum Gasteiger partial charge on any atom is 0.136 e. The molecule has 2 radical (unpaired) electrons. The maximum atomic E-state index is 11.9. The Hall–Kier alpha value is 0.00494. The van der Waals surface area contributed by atoms with Crippen LogP contribution in [0.2, 0.25) is 0 Å². The first kappa shape index (κ1) is 13.1. The van der Waals surface area contributed by atoms with Gasteiger partial charge in [0.05, 0.1) is 0 Å². The van der Waals surface area contributed by atoms with Crippen molar-refractivity contribution in [2.45, 2.75) is 56.6 Å². The predicted molar refractivity (Wildman–Crippen MR) is 63.0 cm³/mol.